The number of nitrogens with zero attached hydrogens (tertiary/aromatic N) is 1. The SMILES string of the molecule is O=[N+]([O-])c1ccc(OCCOCCOCCOCCOCCOCCOCCOCCOC(c2ccccc2)(c2ccccc2)c2ccccc2)cc1. The summed E-state index contributed by atoms with van der Waals surface area (Å²) in [6.45, 7) is 7.16. The third kappa shape index (κ3) is 15.3. The van der Waals surface area contributed by atoms with Crippen LogP contribution in [0.3, 0.4) is 0 Å². The van der Waals surface area contributed by atoms with Gasteiger partial charge in [0.05, 0.1) is 104 Å². The van der Waals surface area contributed by atoms with Crippen molar-refractivity contribution in [3.8, 4) is 5.75 Å². The predicted octanol–water partition coefficient (Wildman–Crippen LogP) is 6.10. The molecule has 12 nitrogen and oxygen atoms in total. The number of nitro benzene ring substituents is 1. The lowest BCUT2D eigenvalue weighted by molar-refractivity contribution is -0.384. The lowest BCUT2D eigenvalue weighted by atomic mass is 9.80. The molecule has 0 saturated heterocycles. The van der Waals surface area contributed by atoms with Gasteiger partial charge in [0.1, 0.15) is 18.0 Å². The molecule has 0 fully saturated rings. The van der Waals surface area contributed by atoms with Gasteiger partial charge in [0.2, 0.25) is 0 Å². The molecule has 0 bridgehead atoms. The molecule has 0 spiro atoms. The Morgan fingerprint density at radius 1 is 0.396 bits per heavy atom. The monoisotopic (exact) mass is 733 g/mol. The maximum absolute atomic E-state index is 10.7. The second-order valence-electron chi connectivity index (χ2n) is 11.5. The molecular weight excluding hydrogens is 682 g/mol. The van der Waals surface area contributed by atoms with E-state index in [2.05, 4.69) is 36.4 Å². The Labute approximate surface area is 311 Å². The zero-order valence-electron chi connectivity index (χ0n) is 30.2. The second-order valence-corrected chi connectivity index (χ2v) is 11.5. The summed E-state index contributed by atoms with van der Waals surface area (Å²) in [6, 6.07) is 36.8. The largest absolute Gasteiger partial charge is 0.491 e. The van der Waals surface area contributed by atoms with Crippen molar-refractivity contribution in [1.29, 1.82) is 0 Å². The van der Waals surface area contributed by atoms with Crippen LogP contribution in [0.15, 0.2) is 115 Å². The molecule has 0 aliphatic heterocycles. The topological polar surface area (TPSA) is 126 Å². The van der Waals surface area contributed by atoms with Crippen LogP contribution in [0.2, 0.25) is 0 Å². The van der Waals surface area contributed by atoms with Crippen molar-refractivity contribution >= 4 is 5.69 Å². The van der Waals surface area contributed by atoms with E-state index in [1.807, 2.05) is 54.6 Å². The first-order valence-electron chi connectivity index (χ1n) is 17.9. The number of nitro groups is 1. The van der Waals surface area contributed by atoms with Gasteiger partial charge in [-0.25, -0.2) is 0 Å². The molecular formula is C41H51NO11. The average molecular weight is 734 g/mol. The van der Waals surface area contributed by atoms with Crippen LogP contribution < -0.4 is 4.74 Å². The maximum atomic E-state index is 10.7. The summed E-state index contributed by atoms with van der Waals surface area (Å²) in [5.41, 5.74) is 2.45. The van der Waals surface area contributed by atoms with Crippen LogP contribution in [-0.4, -0.2) is 111 Å². The van der Waals surface area contributed by atoms with Gasteiger partial charge in [-0.15, -0.1) is 0 Å². The molecule has 0 radical (unpaired) electrons. The van der Waals surface area contributed by atoms with Crippen molar-refractivity contribution in [3.63, 3.8) is 0 Å². The minimum absolute atomic E-state index is 0.0254. The van der Waals surface area contributed by atoms with E-state index in [1.54, 1.807) is 12.1 Å². The minimum atomic E-state index is -0.759. The van der Waals surface area contributed by atoms with Crippen LogP contribution in [0.5, 0.6) is 5.75 Å². The molecule has 0 saturated carbocycles. The van der Waals surface area contributed by atoms with Crippen molar-refractivity contribution in [1.82, 2.24) is 0 Å². The van der Waals surface area contributed by atoms with Crippen molar-refractivity contribution in [3.05, 3.63) is 142 Å². The Bertz CT molecular complexity index is 1400. The van der Waals surface area contributed by atoms with Crippen LogP contribution >= 0.6 is 0 Å². The van der Waals surface area contributed by atoms with Gasteiger partial charge in [-0.2, -0.15) is 0 Å². The molecule has 4 rings (SSSR count). The lowest BCUT2D eigenvalue weighted by Gasteiger charge is -2.36. The number of non-ortho nitro benzene ring substituents is 1. The molecule has 286 valence electrons. The molecule has 53 heavy (non-hydrogen) atoms. The summed E-state index contributed by atoms with van der Waals surface area (Å²) in [5.74, 6) is 0.556. The number of hydrogen-bond donors (Lipinski definition) is 0. The Balaban J connectivity index is 0.920. The standard InChI is InChI=1S/C41H51NO11/c43-42(44)39-16-18-40(19-17-39)52-34-32-50-30-28-48-26-24-46-22-20-45-21-23-47-25-27-49-29-31-51-33-35-53-41(36-10-4-1-5-11-36,37-12-6-2-7-13-37)38-14-8-3-9-15-38/h1-19H,20-35H2. The first kappa shape index (κ1) is 41.5. The van der Waals surface area contributed by atoms with Gasteiger partial charge in [0, 0.05) is 12.1 Å². The molecule has 0 aromatic heterocycles. The molecule has 0 heterocycles. The van der Waals surface area contributed by atoms with E-state index in [0.717, 1.165) is 16.7 Å². The maximum Gasteiger partial charge on any atom is 0.269 e. The van der Waals surface area contributed by atoms with Gasteiger partial charge in [0.15, 0.2) is 0 Å². The highest BCUT2D eigenvalue weighted by Crippen LogP contribution is 2.40. The van der Waals surface area contributed by atoms with E-state index >= 15 is 0 Å². The zero-order chi connectivity index (χ0) is 37.1. The van der Waals surface area contributed by atoms with Gasteiger partial charge in [-0.3, -0.25) is 10.1 Å². The molecule has 0 aliphatic carbocycles. The van der Waals surface area contributed by atoms with Gasteiger partial charge in [-0.05, 0) is 28.8 Å². The summed E-state index contributed by atoms with van der Waals surface area (Å²) < 4.78 is 51.2. The van der Waals surface area contributed by atoms with E-state index in [-0.39, 0.29) is 5.69 Å². The summed E-state index contributed by atoms with van der Waals surface area (Å²) in [7, 11) is 0. The number of hydrogen-bond acceptors (Lipinski definition) is 11. The highest BCUT2D eigenvalue weighted by Gasteiger charge is 2.37. The Kier molecular flexibility index (Phi) is 20.1. The Morgan fingerprint density at radius 3 is 1.02 bits per heavy atom. The highest BCUT2D eigenvalue weighted by atomic mass is 16.6. The number of rotatable bonds is 30. The first-order chi connectivity index (χ1) is 26.2. The van der Waals surface area contributed by atoms with Gasteiger partial charge in [-0.1, -0.05) is 91.0 Å². The molecule has 0 N–H and O–H groups in total. The fourth-order valence-electron chi connectivity index (χ4n) is 5.33. The van der Waals surface area contributed by atoms with Crippen LogP contribution in [0, 0.1) is 10.1 Å². The molecule has 4 aromatic carbocycles. The van der Waals surface area contributed by atoms with Gasteiger partial charge in [0.25, 0.3) is 5.69 Å². The molecule has 0 amide bonds. The van der Waals surface area contributed by atoms with E-state index in [1.165, 1.54) is 12.1 Å². The zero-order valence-corrected chi connectivity index (χ0v) is 30.2. The lowest BCUT2D eigenvalue weighted by Crippen LogP contribution is -2.34. The smallest absolute Gasteiger partial charge is 0.269 e. The Hall–Kier alpha value is -4.24. The summed E-state index contributed by atoms with van der Waals surface area (Å²) in [5, 5.41) is 10.7. The van der Waals surface area contributed by atoms with E-state index in [4.69, 9.17) is 42.6 Å². The van der Waals surface area contributed by atoms with E-state index in [9.17, 15) is 10.1 Å². The average Bonchev–Trinajstić information content (AvgIpc) is 3.20. The molecule has 0 aliphatic rings. The fourth-order valence-corrected chi connectivity index (χ4v) is 5.33. The second kappa shape index (κ2) is 25.7. The van der Waals surface area contributed by atoms with Crippen molar-refractivity contribution in [2.45, 2.75) is 5.60 Å². The van der Waals surface area contributed by atoms with Crippen molar-refractivity contribution < 1.29 is 47.6 Å². The highest BCUT2D eigenvalue weighted by molar-refractivity contribution is 5.47. The Morgan fingerprint density at radius 2 is 0.698 bits per heavy atom. The molecule has 4 aromatic rings. The fraction of sp³-hybridized carbons (Fsp3) is 0.415. The molecule has 0 atom stereocenters. The van der Waals surface area contributed by atoms with Crippen molar-refractivity contribution in [2.24, 2.45) is 0 Å². The minimum Gasteiger partial charge on any atom is -0.491 e. The summed E-state index contributed by atoms with van der Waals surface area (Å²) >= 11 is 0. The van der Waals surface area contributed by atoms with Crippen LogP contribution in [-0.2, 0) is 43.5 Å². The van der Waals surface area contributed by atoms with Crippen LogP contribution in [0.25, 0.3) is 0 Å². The van der Waals surface area contributed by atoms with E-state index in [0.29, 0.717) is 111 Å². The molecule has 12 heteroatoms. The summed E-state index contributed by atoms with van der Waals surface area (Å²) in [6.07, 6.45) is 0. The van der Waals surface area contributed by atoms with Crippen LogP contribution in [0.4, 0.5) is 5.69 Å². The normalized spacial score (nSPS) is 11.5. The third-order valence-electron chi connectivity index (χ3n) is 7.86. The molecule has 0 unspecified atom stereocenters. The quantitative estimate of drug-likeness (QED) is 0.0267. The first-order valence-corrected chi connectivity index (χ1v) is 17.9. The number of benzene rings is 4. The van der Waals surface area contributed by atoms with Crippen molar-refractivity contribution in [2.75, 3.05) is 106 Å². The number of ether oxygens (including phenoxy) is 9. The van der Waals surface area contributed by atoms with Gasteiger partial charge < -0.3 is 42.6 Å². The van der Waals surface area contributed by atoms with Gasteiger partial charge >= 0.3 is 0 Å². The van der Waals surface area contributed by atoms with E-state index < -0.39 is 10.5 Å². The predicted molar refractivity (Wildman–Crippen MR) is 199 cm³/mol. The van der Waals surface area contributed by atoms with Crippen LogP contribution in [0.1, 0.15) is 16.7 Å². The third-order valence-corrected chi connectivity index (χ3v) is 7.86. The summed E-state index contributed by atoms with van der Waals surface area (Å²) in [4.78, 5) is 10.2.